The van der Waals surface area contributed by atoms with Gasteiger partial charge in [0, 0.05) is 13.6 Å². The minimum Gasteiger partial charge on any atom is -0.496 e. The molecule has 0 saturated carbocycles. The van der Waals surface area contributed by atoms with Crippen molar-refractivity contribution in [1.29, 1.82) is 0 Å². The highest BCUT2D eigenvalue weighted by Gasteiger charge is 2.20. The first kappa shape index (κ1) is 17.6. The van der Waals surface area contributed by atoms with Crippen LogP contribution in [0.1, 0.15) is 16.0 Å². The van der Waals surface area contributed by atoms with E-state index in [2.05, 4.69) is 82.5 Å². The van der Waals surface area contributed by atoms with E-state index in [1.54, 1.807) is 14.2 Å². The van der Waals surface area contributed by atoms with E-state index in [-0.39, 0.29) is 4.83 Å². The van der Waals surface area contributed by atoms with Gasteiger partial charge in [0.05, 0.1) is 23.5 Å². The molecule has 1 atom stereocenters. The Kier molecular flexibility index (Phi) is 6.40. The molecule has 21 heavy (non-hydrogen) atoms. The lowest BCUT2D eigenvalue weighted by Gasteiger charge is -2.18. The third kappa shape index (κ3) is 3.95. The van der Waals surface area contributed by atoms with Crippen molar-refractivity contribution in [1.82, 2.24) is 0 Å². The first-order valence-corrected chi connectivity index (χ1v) is 9.56. The van der Waals surface area contributed by atoms with Gasteiger partial charge in [0.25, 0.3) is 0 Å². The molecular formula is C15H12Br3IO2. The van der Waals surface area contributed by atoms with E-state index in [0.717, 1.165) is 31.6 Å². The number of rotatable bonds is 4. The Balaban J connectivity index is 2.56. The van der Waals surface area contributed by atoms with Crippen LogP contribution in [0.3, 0.4) is 0 Å². The average Bonchev–Trinajstić information content (AvgIpc) is 2.48. The SMILES string of the molecule is COc1cc(C(Br)c2cc(I)ccc2Br)c(OC)cc1Br. The van der Waals surface area contributed by atoms with Crippen LogP contribution in [0.4, 0.5) is 0 Å². The molecule has 2 aromatic rings. The number of benzene rings is 2. The molecule has 112 valence electrons. The highest BCUT2D eigenvalue weighted by molar-refractivity contribution is 14.1. The van der Waals surface area contributed by atoms with Gasteiger partial charge in [0.2, 0.25) is 0 Å². The van der Waals surface area contributed by atoms with Crippen LogP contribution in [0, 0.1) is 3.57 Å². The first-order valence-electron chi connectivity index (χ1n) is 5.98. The fourth-order valence-electron chi connectivity index (χ4n) is 1.96. The van der Waals surface area contributed by atoms with Gasteiger partial charge in [0.15, 0.2) is 0 Å². The maximum absolute atomic E-state index is 5.51. The van der Waals surface area contributed by atoms with Crippen molar-refractivity contribution in [3.05, 3.63) is 54.0 Å². The number of alkyl halides is 1. The normalized spacial score (nSPS) is 12.1. The standard InChI is InChI=1S/C15H12Br3IO2/c1-20-13-7-12(17)14(21-2)6-10(13)15(18)9-5-8(19)3-4-11(9)16/h3-7,15H,1-2H3. The molecule has 0 radical (unpaired) electrons. The Morgan fingerprint density at radius 3 is 2.19 bits per heavy atom. The number of ether oxygens (including phenoxy) is 2. The zero-order chi connectivity index (χ0) is 15.6. The van der Waals surface area contributed by atoms with Gasteiger partial charge in [-0.2, -0.15) is 0 Å². The van der Waals surface area contributed by atoms with Crippen LogP contribution >= 0.6 is 70.4 Å². The summed E-state index contributed by atoms with van der Waals surface area (Å²) in [4.78, 5) is -0.00135. The molecule has 0 amide bonds. The summed E-state index contributed by atoms with van der Waals surface area (Å²) in [6.07, 6.45) is 0. The molecule has 0 aliphatic carbocycles. The lowest BCUT2D eigenvalue weighted by atomic mass is 10.0. The minimum atomic E-state index is -0.00135. The van der Waals surface area contributed by atoms with Crippen LogP contribution in [0.2, 0.25) is 0 Å². The Bertz CT molecular complexity index is 662. The van der Waals surface area contributed by atoms with Crippen molar-refractivity contribution in [2.45, 2.75) is 4.83 Å². The maximum atomic E-state index is 5.51. The monoisotopic (exact) mass is 588 g/mol. The molecule has 0 heterocycles. The first-order chi connectivity index (χ1) is 9.97. The quantitative estimate of drug-likeness (QED) is 0.307. The lowest BCUT2D eigenvalue weighted by molar-refractivity contribution is 0.397. The van der Waals surface area contributed by atoms with Crippen molar-refractivity contribution in [2.24, 2.45) is 0 Å². The van der Waals surface area contributed by atoms with Gasteiger partial charge in [-0.1, -0.05) is 31.9 Å². The van der Waals surface area contributed by atoms with E-state index in [9.17, 15) is 0 Å². The Morgan fingerprint density at radius 1 is 0.905 bits per heavy atom. The summed E-state index contributed by atoms with van der Waals surface area (Å²) in [5.74, 6) is 1.58. The molecule has 1 unspecified atom stereocenters. The van der Waals surface area contributed by atoms with Crippen LogP contribution in [0.15, 0.2) is 39.3 Å². The molecule has 2 rings (SSSR count). The Morgan fingerprint density at radius 2 is 1.57 bits per heavy atom. The van der Waals surface area contributed by atoms with Crippen molar-refractivity contribution in [3.8, 4) is 11.5 Å². The van der Waals surface area contributed by atoms with E-state index >= 15 is 0 Å². The van der Waals surface area contributed by atoms with E-state index in [0.29, 0.717) is 0 Å². The third-order valence-corrected chi connectivity index (χ3v) is 6.01. The molecule has 0 bridgehead atoms. The van der Waals surface area contributed by atoms with Crippen LogP contribution in [0.5, 0.6) is 11.5 Å². The molecule has 0 aliphatic heterocycles. The fraction of sp³-hybridized carbons (Fsp3) is 0.200. The molecule has 2 aromatic carbocycles. The number of methoxy groups -OCH3 is 2. The number of hydrogen-bond acceptors (Lipinski definition) is 2. The summed E-state index contributed by atoms with van der Waals surface area (Å²) >= 11 is 13.2. The van der Waals surface area contributed by atoms with Crippen LogP contribution in [-0.4, -0.2) is 14.2 Å². The summed E-state index contributed by atoms with van der Waals surface area (Å²) < 4.78 is 14.0. The number of hydrogen-bond donors (Lipinski definition) is 0. The molecule has 0 fully saturated rings. The van der Waals surface area contributed by atoms with Gasteiger partial charge >= 0.3 is 0 Å². The smallest absolute Gasteiger partial charge is 0.133 e. The van der Waals surface area contributed by atoms with Gasteiger partial charge in [-0.25, -0.2) is 0 Å². The van der Waals surface area contributed by atoms with Crippen molar-refractivity contribution >= 4 is 70.4 Å². The van der Waals surface area contributed by atoms with E-state index < -0.39 is 0 Å². The van der Waals surface area contributed by atoms with E-state index in [1.807, 2.05) is 18.2 Å². The van der Waals surface area contributed by atoms with Gasteiger partial charge in [-0.3, -0.25) is 0 Å². The minimum absolute atomic E-state index is 0.00135. The Labute approximate surface area is 163 Å². The number of halogens is 4. The molecule has 0 aromatic heterocycles. The van der Waals surface area contributed by atoms with E-state index in [4.69, 9.17) is 9.47 Å². The second-order valence-electron chi connectivity index (χ2n) is 4.26. The van der Waals surface area contributed by atoms with Gasteiger partial charge in [0.1, 0.15) is 11.5 Å². The molecule has 0 aliphatic rings. The van der Waals surface area contributed by atoms with Crippen molar-refractivity contribution in [2.75, 3.05) is 14.2 Å². The van der Waals surface area contributed by atoms with Crippen LogP contribution < -0.4 is 9.47 Å². The maximum Gasteiger partial charge on any atom is 0.133 e. The predicted octanol–water partition coefficient (Wildman–Crippen LogP) is 6.32. The molecule has 0 N–H and O–H groups in total. The predicted molar refractivity (Wildman–Crippen MR) is 105 cm³/mol. The topological polar surface area (TPSA) is 18.5 Å². The highest BCUT2D eigenvalue weighted by Crippen LogP contribution is 2.43. The highest BCUT2D eigenvalue weighted by atomic mass is 127. The summed E-state index contributed by atoms with van der Waals surface area (Å²) in [6, 6.07) is 10.2. The largest absolute Gasteiger partial charge is 0.496 e. The third-order valence-electron chi connectivity index (χ3n) is 3.01. The summed E-state index contributed by atoms with van der Waals surface area (Å²) in [5, 5.41) is 0. The summed E-state index contributed by atoms with van der Waals surface area (Å²) in [6.45, 7) is 0. The Hall–Kier alpha value is 0.210. The van der Waals surface area contributed by atoms with Crippen LogP contribution in [0.25, 0.3) is 0 Å². The fourth-order valence-corrected chi connectivity index (χ4v) is 4.48. The molecule has 6 heteroatoms. The van der Waals surface area contributed by atoms with Gasteiger partial charge in [-0.05, 0) is 74.4 Å². The van der Waals surface area contributed by atoms with Gasteiger partial charge < -0.3 is 9.47 Å². The van der Waals surface area contributed by atoms with Crippen LogP contribution in [-0.2, 0) is 0 Å². The lowest BCUT2D eigenvalue weighted by Crippen LogP contribution is -2.00. The molecule has 2 nitrogen and oxygen atoms in total. The van der Waals surface area contributed by atoms with Crippen molar-refractivity contribution in [3.63, 3.8) is 0 Å². The molecule has 0 spiro atoms. The van der Waals surface area contributed by atoms with Gasteiger partial charge in [-0.15, -0.1) is 0 Å². The van der Waals surface area contributed by atoms with Crippen molar-refractivity contribution < 1.29 is 9.47 Å². The molecule has 0 saturated heterocycles. The second-order valence-corrected chi connectivity index (χ2v) is 8.13. The molecular weight excluding hydrogens is 579 g/mol. The zero-order valence-electron chi connectivity index (χ0n) is 11.3. The zero-order valence-corrected chi connectivity index (χ0v) is 18.2. The average molecular weight is 591 g/mol. The van der Waals surface area contributed by atoms with E-state index in [1.165, 1.54) is 3.57 Å². The summed E-state index contributed by atoms with van der Waals surface area (Å²) in [5.41, 5.74) is 2.16. The summed E-state index contributed by atoms with van der Waals surface area (Å²) in [7, 11) is 3.32. The second kappa shape index (κ2) is 7.66.